The first-order valence-electron chi connectivity index (χ1n) is 9.98. The van der Waals surface area contributed by atoms with Gasteiger partial charge in [0.15, 0.2) is 0 Å². The average molecular weight is 406 g/mol. The molecular formula is C23H23N3O2S. The minimum Gasteiger partial charge on any atom is -0.319 e. The fraction of sp³-hybridized carbons (Fsp3) is 0.304. The van der Waals surface area contributed by atoms with Crippen LogP contribution in [-0.4, -0.2) is 35.0 Å². The lowest BCUT2D eigenvalue weighted by molar-refractivity contribution is -0.132. The molecule has 3 heterocycles. The maximum absolute atomic E-state index is 13.5. The second-order valence-corrected chi connectivity index (χ2v) is 8.92. The number of nitrogens with one attached hydrogen (secondary N) is 1. The summed E-state index contributed by atoms with van der Waals surface area (Å²) in [5, 5.41) is 7.11. The first kappa shape index (κ1) is 18.3. The zero-order valence-electron chi connectivity index (χ0n) is 16.3. The van der Waals surface area contributed by atoms with Crippen molar-refractivity contribution < 1.29 is 9.59 Å². The summed E-state index contributed by atoms with van der Waals surface area (Å²) in [5.74, 6) is -0.185. The van der Waals surface area contributed by atoms with Gasteiger partial charge >= 0.3 is 6.03 Å². The number of amides is 3. The van der Waals surface area contributed by atoms with E-state index in [0.717, 1.165) is 35.7 Å². The summed E-state index contributed by atoms with van der Waals surface area (Å²) in [4.78, 5) is 31.3. The third-order valence-electron chi connectivity index (χ3n) is 6.16. The molecule has 3 aromatic rings. The minimum atomic E-state index is -1.06. The SMILES string of the molecule is CC1(c2cccc3ccccc23)NC(=O)N(CN2CCCC2c2cccs2)C1=O. The number of hydrogen-bond donors (Lipinski definition) is 1. The molecule has 0 bridgehead atoms. The molecule has 2 unspecified atom stereocenters. The van der Waals surface area contributed by atoms with E-state index in [1.165, 1.54) is 9.78 Å². The van der Waals surface area contributed by atoms with Crippen LogP contribution in [-0.2, 0) is 10.3 Å². The summed E-state index contributed by atoms with van der Waals surface area (Å²) < 4.78 is 0. The van der Waals surface area contributed by atoms with Gasteiger partial charge in [-0.3, -0.25) is 9.69 Å². The first-order valence-corrected chi connectivity index (χ1v) is 10.9. The van der Waals surface area contributed by atoms with Gasteiger partial charge in [0.25, 0.3) is 5.91 Å². The van der Waals surface area contributed by atoms with E-state index in [-0.39, 0.29) is 18.0 Å². The Bertz CT molecular complexity index is 1080. The number of imide groups is 1. The van der Waals surface area contributed by atoms with Crippen LogP contribution in [0.1, 0.15) is 36.2 Å². The predicted octanol–water partition coefficient (Wildman–Crippen LogP) is 4.46. The smallest absolute Gasteiger partial charge is 0.319 e. The van der Waals surface area contributed by atoms with Crippen LogP contribution in [0.15, 0.2) is 60.0 Å². The number of hydrogen-bond acceptors (Lipinski definition) is 4. The van der Waals surface area contributed by atoms with E-state index >= 15 is 0 Å². The van der Waals surface area contributed by atoms with E-state index < -0.39 is 5.54 Å². The molecule has 1 aromatic heterocycles. The molecule has 2 atom stereocenters. The summed E-state index contributed by atoms with van der Waals surface area (Å²) in [6.07, 6.45) is 2.14. The molecular weight excluding hydrogens is 382 g/mol. The number of fused-ring (bicyclic) bond motifs is 1. The molecule has 1 N–H and O–H groups in total. The third-order valence-corrected chi connectivity index (χ3v) is 7.14. The molecule has 2 aliphatic rings. The van der Waals surface area contributed by atoms with E-state index in [4.69, 9.17) is 0 Å². The molecule has 0 saturated carbocycles. The predicted molar refractivity (Wildman–Crippen MR) is 115 cm³/mol. The fourth-order valence-electron chi connectivity index (χ4n) is 4.65. The Kier molecular flexibility index (Phi) is 4.41. The van der Waals surface area contributed by atoms with Crippen LogP contribution in [0.3, 0.4) is 0 Å². The number of rotatable bonds is 4. The molecule has 2 aliphatic heterocycles. The van der Waals surface area contributed by atoms with Crippen LogP contribution in [0.4, 0.5) is 4.79 Å². The molecule has 148 valence electrons. The van der Waals surface area contributed by atoms with E-state index in [2.05, 4.69) is 27.7 Å². The van der Waals surface area contributed by atoms with Gasteiger partial charge in [-0.15, -0.1) is 11.3 Å². The van der Waals surface area contributed by atoms with E-state index in [1.807, 2.05) is 49.4 Å². The summed E-state index contributed by atoms with van der Waals surface area (Å²) in [6.45, 7) is 3.04. The van der Waals surface area contributed by atoms with Gasteiger partial charge in [0.2, 0.25) is 0 Å². The molecule has 2 saturated heterocycles. The molecule has 2 aromatic carbocycles. The molecule has 6 heteroatoms. The number of carbonyl (C=O) groups is 2. The number of carbonyl (C=O) groups excluding carboxylic acids is 2. The number of thiophene rings is 1. The molecule has 2 fully saturated rings. The second kappa shape index (κ2) is 6.97. The largest absolute Gasteiger partial charge is 0.326 e. The second-order valence-electron chi connectivity index (χ2n) is 7.94. The lowest BCUT2D eigenvalue weighted by Gasteiger charge is -2.28. The topological polar surface area (TPSA) is 52.7 Å². The Morgan fingerprint density at radius 1 is 1.10 bits per heavy atom. The van der Waals surface area contributed by atoms with Crippen molar-refractivity contribution in [3.05, 3.63) is 70.4 Å². The quantitative estimate of drug-likeness (QED) is 0.652. The highest BCUT2D eigenvalue weighted by atomic mass is 32.1. The summed E-state index contributed by atoms with van der Waals surface area (Å²) in [7, 11) is 0. The summed E-state index contributed by atoms with van der Waals surface area (Å²) in [5.41, 5.74) is -0.219. The van der Waals surface area contributed by atoms with Crippen molar-refractivity contribution in [2.24, 2.45) is 0 Å². The summed E-state index contributed by atoms with van der Waals surface area (Å²) >= 11 is 1.74. The zero-order chi connectivity index (χ0) is 20.0. The van der Waals surface area contributed by atoms with Gasteiger partial charge in [-0.05, 0) is 47.5 Å². The third kappa shape index (κ3) is 2.94. The van der Waals surface area contributed by atoms with Crippen LogP contribution >= 0.6 is 11.3 Å². The monoisotopic (exact) mass is 405 g/mol. The fourth-order valence-corrected chi connectivity index (χ4v) is 5.54. The highest BCUT2D eigenvalue weighted by Crippen LogP contribution is 2.37. The standard InChI is InChI=1S/C23H23N3O2S/c1-23(18-10-4-8-16-7-2-3-9-17(16)18)21(27)26(22(28)24-23)15-25-13-5-11-19(25)20-12-6-14-29-20/h2-4,6-10,12,14,19H,5,11,13,15H2,1H3,(H,24,28). The maximum Gasteiger partial charge on any atom is 0.326 e. The van der Waals surface area contributed by atoms with E-state index in [9.17, 15) is 9.59 Å². The Balaban J connectivity index is 1.45. The van der Waals surface area contributed by atoms with Crippen molar-refractivity contribution in [3.8, 4) is 0 Å². The van der Waals surface area contributed by atoms with Crippen molar-refractivity contribution in [1.82, 2.24) is 15.1 Å². The van der Waals surface area contributed by atoms with Crippen LogP contribution in [0.2, 0.25) is 0 Å². The minimum absolute atomic E-state index is 0.185. The lowest BCUT2D eigenvalue weighted by atomic mass is 9.88. The first-order chi connectivity index (χ1) is 14.1. The van der Waals surface area contributed by atoms with Crippen molar-refractivity contribution in [2.75, 3.05) is 13.2 Å². The van der Waals surface area contributed by atoms with Gasteiger partial charge in [-0.25, -0.2) is 9.69 Å². The Morgan fingerprint density at radius 2 is 1.93 bits per heavy atom. The highest BCUT2D eigenvalue weighted by molar-refractivity contribution is 7.10. The number of likely N-dealkylation sites (tertiary alicyclic amines) is 1. The molecule has 0 spiro atoms. The molecule has 3 amide bonds. The average Bonchev–Trinajstić information content (AvgIpc) is 3.45. The van der Waals surface area contributed by atoms with E-state index in [0.29, 0.717) is 6.67 Å². The van der Waals surface area contributed by atoms with Crippen LogP contribution < -0.4 is 5.32 Å². The van der Waals surface area contributed by atoms with Crippen LogP contribution in [0, 0.1) is 0 Å². The summed E-state index contributed by atoms with van der Waals surface area (Å²) in [6, 6.07) is 18.0. The maximum atomic E-state index is 13.5. The molecule has 5 rings (SSSR count). The van der Waals surface area contributed by atoms with Crippen LogP contribution in [0.5, 0.6) is 0 Å². The van der Waals surface area contributed by atoms with E-state index in [1.54, 1.807) is 11.3 Å². The Labute approximate surface area is 173 Å². The lowest BCUT2D eigenvalue weighted by Crippen LogP contribution is -2.43. The van der Waals surface area contributed by atoms with Crippen LogP contribution in [0.25, 0.3) is 10.8 Å². The van der Waals surface area contributed by atoms with Gasteiger partial charge in [0.05, 0.1) is 6.67 Å². The highest BCUT2D eigenvalue weighted by Gasteiger charge is 2.50. The number of benzene rings is 2. The molecule has 0 aliphatic carbocycles. The molecule has 0 radical (unpaired) electrons. The van der Waals surface area contributed by atoms with Crippen molar-refractivity contribution in [3.63, 3.8) is 0 Å². The Hall–Kier alpha value is -2.70. The Morgan fingerprint density at radius 3 is 2.76 bits per heavy atom. The van der Waals surface area contributed by atoms with Crippen molar-refractivity contribution in [1.29, 1.82) is 0 Å². The molecule has 5 nitrogen and oxygen atoms in total. The number of nitrogens with zero attached hydrogens (tertiary/aromatic N) is 2. The van der Waals surface area contributed by atoms with Gasteiger partial charge in [0.1, 0.15) is 5.54 Å². The molecule has 29 heavy (non-hydrogen) atoms. The normalized spacial score (nSPS) is 25.1. The van der Waals surface area contributed by atoms with Crippen molar-refractivity contribution in [2.45, 2.75) is 31.3 Å². The van der Waals surface area contributed by atoms with Gasteiger partial charge in [-0.1, -0.05) is 48.5 Å². The van der Waals surface area contributed by atoms with Gasteiger partial charge in [-0.2, -0.15) is 0 Å². The van der Waals surface area contributed by atoms with Gasteiger partial charge < -0.3 is 5.32 Å². The van der Waals surface area contributed by atoms with Gasteiger partial charge in [0, 0.05) is 17.5 Å². The van der Waals surface area contributed by atoms with Crippen molar-refractivity contribution >= 4 is 34.0 Å². The zero-order valence-corrected chi connectivity index (χ0v) is 17.1. The number of urea groups is 1.